The summed E-state index contributed by atoms with van der Waals surface area (Å²) in [5.41, 5.74) is 0. The fourth-order valence-corrected chi connectivity index (χ4v) is 0.307. The summed E-state index contributed by atoms with van der Waals surface area (Å²) in [6.07, 6.45) is -5.41. The predicted molar refractivity (Wildman–Crippen MR) is 48.5 cm³/mol. The van der Waals surface area contributed by atoms with Gasteiger partial charge in [0.05, 0.1) is 0 Å². The van der Waals surface area contributed by atoms with Crippen molar-refractivity contribution >= 4 is 0 Å². The number of hydrogen-bond donors (Lipinski definition) is 0. The molecule has 1 nitrogen and oxygen atoms in total. The lowest BCUT2D eigenvalue weighted by molar-refractivity contribution is -0.421. The first kappa shape index (κ1) is 21.6. The smallest absolute Gasteiger partial charge is 0.248 e. The quantitative estimate of drug-likeness (QED) is 0.651. The SMILES string of the molecule is CC(F)(F)C(C)(F)F.CC(F)(F)C(C)(F)OC(F)(F)F. The van der Waals surface area contributed by atoms with Crippen LogP contribution >= 0.6 is 0 Å². The summed E-state index contributed by atoms with van der Waals surface area (Å²) >= 11 is 0. The van der Waals surface area contributed by atoms with Crippen LogP contribution in [0.3, 0.4) is 0 Å². The minimum absolute atomic E-state index is 0.00125. The van der Waals surface area contributed by atoms with E-state index in [0.717, 1.165) is 0 Å². The Kier molecular flexibility index (Phi) is 6.40. The first-order valence-electron chi connectivity index (χ1n) is 4.80. The summed E-state index contributed by atoms with van der Waals surface area (Å²) in [6, 6.07) is 0. The summed E-state index contributed by atoms with van der Waals surface area (Å²) < 4.78 is 119. The molecule has 0 spiro atoms. The first-order valence-corrected chi connectivity index (χ1v) is 4.80. The van der Waals surface area contributed by atoms with Crippen LogP contribution in [0.15, 0.2) is 0 Å². The lowest BCUT2D eigenvalue weighted by atomic mass is 10.2. The molecule has 0 bridgehead atoms. The summed E-state index contributed by atoms with van der Waals surface area (Å²) in [7, 11) is 0. The number of ether oxygens (including phenoxy) is 1. The zero-order chi connectivity index (χ0) is 17.2. The van der Waals surface area contributed by atoms with Crippen LogP contribution in [0.2, 0.25) is 0 Å². The first-order chi connectivity index (χ1) is 8.21. The molecule has 0 heterocycles. The van der Waals surface area contributed by atoms with Crippen molar-refractivity contribution in [2.45, 2.75) is 57.7 Å². The molecule has 0 aliphatic heterocycles. The Balaban J connectivity index is 0. The number of alkyl halides is 10. The molecule has 0 aromatic carbocycles. The third kappa shape index (κ3) is 8.43. The van der Waals surface area contributed by atoms with Gasteiger partial charge in [0, 0.05) is 27.7 Å². The summed E-state index contributed by atoms with van der Waals surface area (Å²) in [4.78, 5) is 0. The van der Waals surface area contributed by atoms with E-state index in [1.165, 1.54) is 0 Å². The molecule has 0 N–H and O–H groups in total. The average molecular weight is 326 g/mol. The van der Waals surface area contributed by atoms with Crippen molar-refractivity contribution in [3.63, 3.8) is 0 Å². The highest BCUT2D eigenvalue weighted by atomic mass is 19.4. The number of halogens is 10. The summed E-state index contributed by atoms with van der Waals surface area (Å²) in [6.45, 7) is 0.388. The van der Waals surface area contributed by atoms with Gasteiger partial charge in [-0.3, -0.25) is 0 Å². The third-order valence-corrected chi connectivity index (χ3v) is 1.86. The third-order valence-electron chi connectivity index (χ3n) is 1.86. The van der Waals surface area contributed by atoms with E-state index in [0.29, 0.717) is 0 Å². The summed E-state index contributed by atoms with van der Waals surface area (Å²) in [5, 5.41) is 0. The van der Waals surface area contributed by atoms with Gasteiger partial charge >= 0.3 is 24.1 Å². The number of rotatable bonds is 3. The van der Waals surface area contributed by atoms with Crippen LogP contribution < -0.4 is 0 Å². The van der Waals surface area contributed by atoms with Gasteiger partial charge in [0.15, 0.2) is 0 Å². The fourth-order valence-electron chi connectivity index (χ4n) is 0.307. The molecule has 0 saturated heterocycles. The van der Waals surface area contributed by atoms with Crippen LogP contribution in [-0.4, -0.2) is 30.0 Å². The molecular weight excluding hydrogens is 314 g/mol. The highest BCUT2D eigenvalue weighted by Crippen LogP contribution is 2.37. The van der Waals surface area contributed by atoms with Gasteiger partial charge in [-0.05, 0) is 0 Å². The molecule has 0 aliphatic rings. The molecule has 0 fully saturated rings. The lowest BCUT2D eigenvalue weighted by Crippen LogP contribution is -2.45. The largest absolute Gasteiger partial charge is 0.525 e. The van der Waals surface area contributed by atoms with Gasteiger partial charge in [-0.1, -0.05) is 0 Å². The minimum atomic E-state index is -5.41. The Labute approximate surface area is 107 Å². The van der Waals surface area contributed by atoms with Crippen molar-refractivity contribution in [1.29, 1.82) is 0 Å². The highest BCUT2D eigenvalue weighted by molar-refractivity contribution is 4.77. The van der Waals surface area contributed by atoms with Gasteiger partial charge in [0.1, 0.15) is 0 Å². The van der Waals surface area contributed by atoms with Crippen LogP contribution in [0.25, 0.3) is 0 Å². The van der Waals surface area contributed by atoms with Crippen LogP contribution in [0.1, 0.15) is 27.7 Å². The molecule has 0 rings (SSSR count). The van der Waals surface area contributed by atoms with Crippen molar-refractivity contribution in [3.8, 4) is 0 Å². The van der Waals surface area contributed by atoms with Crippen LogP contribution in [-0.2, 0) is 4.74 Å². The molecule has 0 amide bonds. The molecule has 1 atom stereocenters. The van der Waals surface area contributed by atoms with Crippen LogP contribution in [0, 0.1) is 0 Å². The van der Waals surface area contributed by atoms with E-state index in [1.54, 1.807) is 0 Å². The van der Waals surface area contributed by atoms with E-state index in [1.807, 2.05) is 0 Å². The predicted octanol–water partition coefficient (Wildman–Crippen LogP) is 5.16. The van der Waals surface area contributed by atoms with Gasteiger partial charge in [-0.2, -0.15) is 0 Å². The van der Waals surface area contributed by atoms with Crippen molar-refractivity contribution in [3.05, 3.63) is 0 Å². The second-order valence-electron chi connectivity index (χ2n) is 4.13. The lowest BCUT2D eigenvalue weighted by Gasteiger charge is -2.27. The zero-order valence-electron chi connectivity index (χ0n) is 10.7. The van der Waals surface area contributed by atoms with E-state index in [2.05, 4.69) is 4.74 Å². The zero-order valence-corrected chi connectivity index (χ0v) is 10.7. The van der Waals surface area contributed by atoms with Crippen molar-refractivity contribution in [1.82, 2.24) is 0 Å². The van der Waals surface area contributed by atoms with E-state index in [9.17, 15) is 43.9 Å². The molecular formula is C9H12F10O. The molecule has 0 aromatic rings. The molecule has 1 unspecified atom stereocenters. The van der Waals surface area contributed by atoms with Crippen LogP contribution in [0.4, 0.5) is 43.9 Å². The minimum Gasteiger partial charge on any atom is -0.248 e. The average Bonchev–Trinajstić information content (AvgIpc) is 1.92. The maximum absolute atomic E-state index is 12.4. The highest BCUT2D eigenvalue weighted by Gasteiger charge is 2.54. The summed E-state index contributed by atoms with van der Waals surface area (Å²) in [5.74, 6) is -16.0. The molecule has 124 valence electrons. The molecule has 0 saturated carbocycles. The Morgan fingerprint density at radius 3 is 0.800 bits per heavy atom. The second kappa shape index (κ2) is 5.94. The van der Waals surface area contributed by atoms with Gasteiger partial charge in [-0.15, -0.1) is 13.2 Å². The van der Waals surface area contributed by atoms with Crippen molar-refractivity contribution in [2.24, 2.45) is 0 Å². The number of hydrogen-bond acceptors (Lipinski definition) is 1. The maximum atomic E-state index is 12.4. The standard InChI is InChI=1S/C5H6F6O.C4H6F4/c1-3(6,7)4(2,8)12-5(9,10)11;1-3(5,6)4(2,7)8/h1-2H3;1-2H3. The fraction of sp³-hybridized carbons (Fsp3) is 1.00. The monoisotopic (exact) mass is 326 g/mol. The Bertz CT molecular complexity index is 278. The van der Waals surface area contributed by atoms with Crippen molar-refractivity contribution < 1.29 is 48.6 Å². The molecule has 11 heteroatoms. The van der Waals surface area contributed by atoms with Gasteiger partial charge in [0.25, 0.3) is 5.85 Å². The Morgan fingerprint density at radius 2 is 0.750 bits per heavy atom. The maximum Gasteiger partial charge on any atom is 0.525 e. The molecule has 0 aromatic heterocycles. The van der Waals surface area contributed by atoms with Gasteiger partial charge in [0.2, 0.25) is 0 Å². The molecule has 0 radical (unpaired) electrons. The van der Waals surface area contributed by atoms with E-state index in [-0.39, 0.29) is 27.7 Å². The Hall–Kier alpha value is -0.740. The van der Waals surface area contributed by atoms with E-state index in [4.69, 9.17) is 0 Å². The molecule has 0 aliphatic carbocycles. The van der Waals surface area contributed by atoms with Crippen molar-refractivity contribution in [2.75, 3.05) is 0 Å². The Morgan fingerprint density at radius 1 is 0.500 bits per heavy atom. The van der Waals surface area contributed by atoms with E-state index < -0.39 is 30.0 Å². The van der Waals surface area contributed by atoms with Gasteiger partial charge < -0.3 is 0 Å². The van der Waals surface area contributed by atoms with E-state index >= 15 is 0 Å². The second-order valence-corrected chi connectivity index (χ2v) is 4.13. The normalized spacial score (nSPS) is 17.1. The van der Waals surface area contributed by atoms with Crippen LogP contribution in [0.5, 0.6) is 0 Å². The van der Waals surface area contributed by atoms with Gasteiger partial charge in [-0.25, -0.2) is 35.5 Å². The molecule has 20 heavy (non-hydrogen) atoms. The topological polar surface area (TPSA) is 9.23 Å².